The summed E-state index contributed by atoms with van der Waals surface area (Å²) in [6.45, 7) is 4.78. The van der Waals surface area contributed by atoms with Crippen LogP contribution in [0.15, 0.2) is 65.6 Å². The third kappa shape index (κ3) is 13.6. The van der Waals surface area contributed by atoms with Crippen LogP contribution in [0.3, 0.4) is 0 Å². The first-order valence-corrected chi connectivity index (χ1v) is 21.6. The highest BCUT2D eigenvalue weighted by molar-refractivity contribution is 7.89. The van der Waals surface area contributed by atoms with E-state index in [1.54, 1.807) is 55.5 Å². The van der Waals surface area contributed by atoms with Gasteiger partial charge in [0.1, 0.15) is 18.1 Å². The lowest BCUT2D eigenvalue weighted by molar-refractivity contribution is -0.143. The average molecular weight is 840 g/mol. The quantitative estimate of drug-likeness (QED) is 0.106. The first-order chi connectivity index (χ1) is 28.1. The molecule has 2 fully saturated rings. The van der Waals surface area contributed by atoms with Gasteiger partial charge in [-0.3, -0.25) is 28.8 Å². The number of ketones is 1. The van der Waals surface area contributed by atoms with Gasteiger partial charge in [0.05, 0.1) is 24.1 Å². The average Bonchev–Trinajstić information content (AvgIpc) is 3.67. The van der Waals surface area contributed by atoms with Crippen LogP contribution >= 0.6 is 0 Å². The largest absolute Gasteiger partial charge is 0.449 e. The zero-order valence-corrected chi connectivity index (χ0v) is 34.6. The minimum Gasteiger partial charge on any atom is -0.449 e. The molecule has 1 saturated heterocycles. The number of benzene rings is 2. The lowest BCUT2D eigenvalue weighted by Gasteiger charge is -2.34. The number of ether oxygens (including phenoxy) is 1. The van der Waals surface area contributed by atoms with Crippen LogP contribution in [-0.2, 0) is 43.5 Å². The summed E-state index contributed by atoms with van der Waals surface area (Å²) < 4.78 is 34.2. The second-order valence-corrected chi connectivity index (χ2v) is 17.3. The van der Waals surface area contributed by atoms with Gasteiger partial charge in [-0.15, -0.1) is 0 Å². The number of nitrogens with zero attached hydrogens (tertiary/aromatic N) is 1. The van der Waals surface area contributed by atoms with E-state index < -0.39 is 88.1 Å². The predicted molar refractivity (Wildman–Crippen MR) is 216 cm³/mol. The summed E-state index contributed by atoms with van der Waals surface area (Å²) in [7, 11) is -3.94. The molecule has 6 amide bonds. The number of amides is 6. The molecule has 0 radical (unpaired) electrons. The Hall–Kier alpha value is -5.36. The van der Waals surface area contributed by atoms with Gasteiger partial charge in [-0.2, -0.15) is 0 Å². The van der Waals surface area contributed by atoms with Crippen molar-refractivity contribution in [1.29, 1.82) is 0 Å². The molecule has 2 aliphatic rings. The number of nitrogens with two attached hydrogens (primary N) is 1. The minimum atomic E-state index is -3.94. The number of carbonyl (C=O) groups is 7. The van der Waals surface area contributed by atoms with Crippen LogP contribution in [0.1, 0.15) is 83.7 Å². The highest BCUT2D eigenvalue weighted by Gasteiger charge is 2.45. The number of Topliss-reactive ketones (excluding diaryl/α,β-unsaturated/α-hetero) is 1. The number of nitrogens with one attached hydrogen (secondary N) is 5. The summed E-state index contributed by atoms with van der Waals surface area (Å²) in [5, 5.41) is 10.1. The predicted octanol–water partition coefficient (Wildman–Crippen LogP) is 1.83. The van der Waals surface area contributed by atoms with Crippen molar-refractivity contribution >= 4 is 51.4 Å². The molecule has 1 heterocycles. The minimum absolute atomic E-state index is 0.00587. The first kappa shape index (κ1) is 46.3. The molecule has 0 aromatic heterocycles. The fraction of sp³-hybridized carbons (Fsp3) is 0.537. The summed E-state index contributed by atoms with van der Waals surface area (Å²) in [5.74, 6) is -5.87. The highest BCUT2D eigenvalue weighted by Crippen LogP contribution is 2.31. The Kier molecular flexibility index (Phi) is 17.4. The van der Waals surface area contributed by atoms with Crippen molar-refractivity contribution in [3.8, 4) is 0 Å². The smallest absolute Gasteiger partial charge is 0.407 e. The molecule has 1 aliphatic heterocycles. The number of hydrogen-bond acceptors (Lipinski definition) is 10. The molecule has 18 heteroatoms. The summed E-state index contributed by atoms with van der Waals surface area (Å²) in [6.07, 6.45) is 3.60. The van der Waals surface area contributed by atoms with E-state index in [9.17, 15) is 42.0 Å². The number of rotatable bonds is 20. The Morgan fingerprint density at radius 3 is 2.14 bits per heavy atom. The van der Waals surface area contributed by atoms with Crippen LogP contribution in [0.5, 0.6) is 0 Å². The van der Waals surface area contributed by atoms with Crippen LogP contribution in [0.4, 0.5) is 4.79 Å². The number of hydrogen-bond donors (Lipinski definition) is 6. The van der Waals surface area contributed by atoms with Crippen molar-refractivity contribution in [2.45, 2.75) is 101 Å². The third-order valence-electron chi connectivity index (χ3n) is 10.4. The van der Waals surface area contributed by atoms with Crippen LogP contribution in [0.25, 0.3) is 0 Å². The van der Waals surface area contributed by atoms with E-state index in [0.29, 0.717) is 24.8 Å². The van der Waals surface area contributed by atoms with Gasteiger partial charge in [0.25, 0.3) is 5.91 Å². The van der Waals surface area contributed by atoms with Gasteiger partial charge in [-0.1, -0.05) is 95.0 Å². The molecule has 2 aromatic rings. The molecule has 3 unspecified atom stereocenters. The fourth-order valence-electron chi connectivity index (χ4n) is 7.32. The fourth-order valence-corrected chi connectivity index (χ4v) is 8.46. The molecule has 59 heavy (non-hydrogen) atoms. The van der Waals surface area contributed by atoms with Crippen molar-refractivity contribution in [3.05, 3.63) is 66.2 Å². The SMILES string of the molecule is CCCC(NC(=O)[C@@H]1CC(CNS(=O)(=O)c2ccccc2)CN1C(=O)C(NC(=O)OCC(C)C)C1CCCCC1)C(=O)C(=O)NCC(=O)N[C@@H](C(N)=O)c1ccccc1. The Labute approximate surface area is 345 Å². The monoisotopic (exact) mass is 839 g/mol. The molecule has 1 aliphatic carbocycles. The van der Waals surface area contributed by atoms with E-state index in [1.165, 1.54) is 17.0 Å². The van der Waals surface area contributed by atoms with Crippen LogP contribution in [0.2, 0.25) is 0 Å². The van der Waals surface area contributed by atoms with E-state index in [1.807, 2.05) is 13.8 Å². The molecular weight excluding hydrogens is 783 g/mol. The van der Waals surface area contributed by atoms with E-state index in [2.05, 4.69) is 26.0 Å². The maximum absolute atomic E-state index is 14.6. The topological polar surface area (TPSA) is 252 Å². The number of likely N-dealkylation sites (tertiary alicyclic amines) is 1. The lowest BCUT2D eigenvalue weighted by atomic mass is 9.83. The van der Waals surface area contributed by atoms with E-state index in [-0.39, 0.29) is 49.3 Å². The Morgan fingerprint density at radius 2 is 1.53 bits per heavy atom. The summed E-state index contributed by atoms with van der Waals surface area (Å²) in [4.78, 5) is 94.3. The standard InChI is InChI=1S/C41H57N7O10S/c1-4-14-31(36(50)39(53)43-23-33(49)46-34(37(42)51)28-15-8-5-9-16-28)45-38(52)32-21-27(22-44-59(56,57)30-19-12-7-13-20-30)24-48(32)40(54)35(29-17-10-6-11-18-29)47-41(55)58-25-26(2)3/h5,7-9,12-13,15-16,19-20,26-27,29,31-32,34-35,44H,4,6,10-11,14,17-18,21-25H2,1-3H3,(H2,42,51)(H,43,53)(H,45,52)(H,46,49)(H,47,55)/t27?,31?,32-,34+,35?/m0/s1. The molecule has 17 nitrogen and oxygen atoms in total. The molecule has 322 valence electrons. The lowest BCUT2D eigenvalue weighted by Crippen LogP contribution is -2.58. The summed E-state index contributed by atoms with van der Waals surface area (Å²) in [6, 6.07) is 11.2. The van der Waals surface area contributed by atoms with Gasteiger partial charge in [0.2, 0.25) is 39.4 Å². The molecule has 7 N–H and O–H groups in total. The molecule has 0 bridgehead atoms. The van der Waals surface area contributed by atoms with Crippen LogP contribution < -0.4 is 31.7 Å². The van der Waals surface area contributed by atoms with Gasteiger partial charge in [-0.25, -0.2) is 17.9 Å². The molecule has 2 aromatic carbocycles. The summed E-state index contributed by atoms with van der Waals surface area (Å²) in [5.41, 5.74) is 5.89. The zero-order valence-electron chi connectivity index (χ0n) is 33.8. The van der Waals surface area contributed by atoms with Crippen molar-refractivity contribution in [1.82, 2.24) is 30.9 Å². The number of primary amides is 1. The maximum Gasteiger partial charge on any atom is 0.407 e. The molecule has 1 saturated carbocycles. The van der Waals surface area contributed by atoms with E-state index in [4.69, 9.17) is 10.5 Å². The first-order valence-electron chi connectivity index (χ1n) is 20.2. The van der Waals surface area contributed by atoms with E-state index >= 15 is 0 Å². The molecular formula is C41H57N7O10S. The number of sulfonamides is 1. The van der Waals surface area contributed by atoms with Crippen LogP contribution in [0, 0.1) is 17.8 Å². The second kappa shape index (κ2) is 22.1. The molecule has 4 rings (SSSR count). The zero-order chi connectivity index (χ0) is 43.1. The van der Waals surface area contributed by atoms with Crippen molar-refractivity contribution in [3.63, 3.8) is 0 Å². The summed E-state index contributed by atoms with van der Waals surface area (Å²) >= 11 is 0. The van der Waals surface area contributed by atoms with Crippen molar-refractivity contribution in [2.24, 2.45) is 23.5 Å². The van der Waals surface area contributed by atoms with Gasteiger partial charge in [-0.05, 0) is 61.1 Å². The number of alkyl carbamates (subject to hydrolysis) is 1. The molecule has 5 atom stereocenters. The van der Waals surface area contributed by atoms with Gasteiger partial charge >= 0.3 is 6.09 Å². The normalized spacial score (nSPS) is 18.5. The maximum atomic E-state index is 14.6. The Bertz CT molecular complexity index is 1890. The highest BCUT2D eigenvalue weighted by atomic mass is 32.2. The van der Waals surface area contributed by atoms with Crippen LogP contribution in [-0.4, -0.2) is 99.1 Å². The van der Waals surface area contributed by atoms with Gasteiger partial charge < -0.3 is 36.6 Å². The Morgan fingerprint density at radius 1 is 0.881 bits per heavy atom. The van der Waals surface area contributed by atoms with Crippen molar-refractivity contribution in [2.75, 3.05) is 26.2 Å². The van der Waals surface area contributed by atoms with Gasteiger partial charge in [0, 0.05) is 13.1 Å². The third-order valence-corrected chi connectivity index (χ3v) is 11.8. The van der Waals surface area contributed by atoms with Crippen molar-refractivity contribution < 1.29 is 46.7 Å². The molecule has 0 spiro atoms. The number of carbonyl (C=O) groups excluding carboxylic acids is 7. The Balaban J connectivity index is 1.51. The van der Waals surface area contributed by atoms with Gasteiger partial charge in [0.15, 0.2) is 0 Å². The van der Waals surface area contributed by atoms with E-state index in [0.717, 1.165) is 19.3 Å². The second-order valence-electron chi connectivity index (χ2n) is 15.5.